The van der Waals surface area contributed by atoms with E-state index in [4.69, 9.17) is 21.3 Å². The number of rotatable bonds is 7. The van der Waals surface area contributed by atoms with Crippen molar-refractivity contribution in [1.82, 2.24) is 24.1 Å². The Balaban J connectivity index is 1.66. The Morgan fingerprint density at radius 3 is 2.68 bits per heavy atom. The molecule has 5 rings (SSSR count). The number of ether oxygens (including phenoxy) is 1. The maximum absolute atomic E-state index is 13.1. The highest BCUT2D eigenvalue weighted by Crippen LogP contribution is 2.42. The molecule has 8 nitrogen and oxygen atoms in total. The molecule has 1 fully saturated rings. The summed E-state index contributed by atoms with van der Waals surface area (Å²) in [6.45, 7) is 5.99. The molecule has 0 spiro atoms. The maximum Gasteiger partial charge on any atom is 0.357 e. The van der Waals surface area contributed by atoms with Crippen molar-refractivity contribution in [2.24, 2.45) is 0 Å². The summed E-state index contributed by atoms with van der Waals surface area (Å²) in [5, 5.41) is 12.7. The number of halogens is 2. The number of hydrogen-bond acceptors (Lipinski definition) is 6. The van der Waals surface area contributed by atoms with Crippen LogP contribution in [0, 0.1) is 13.8 Å². The second kappa shape index (κ2) is 9.03. The number of imidazole rings is 1. The van der Waals surface area contributed by atoms with Crippen molar-refractivity contribution in [3.63, 3.8) is 0 Å². The number of hydrogen-bond donors (Lipinski definition) is 1. The van der Waals surface area contributed by atoms with Crippen LogP contribution in [0.25, 0.3) is 5.65 Å². The molecule has 1 aliphatic carbocycles. The summed E-state index contributed by atoms with van der Waals surface area (Å²) >= 11 is 9.77. The van der Waals surface area contributed by atoms with Gasteiger partial charge in [-0.25, -0.2) is 9.78 Å². The van der Waals surface area contributed by atoms with Gasteiger partial charge in [0.25, 0.3) is 0 Å². The SMILES string of the molecule is CCOC(=O)c1c(C(Nc2cc(C)c3nnc(C)n3c2)c2ccc(Cl)cc2)nc(Br)n1C1CC1. The number of aromatic nitrogens is 5. The van der Waals surface area contributed by atoms with E-state index in [-0.39, 0.29) is 18.6 Å². The fourth-order valence-electron chi connectivity index (χ4n) is 4.17. The number of nitrogens with zero attached hydrogens (tertiary/aromatic N) is 5. The second-order valence-electron chi connectivity index (χ2n) is 8.42. The Morgan fingerprint density at radius 1 is 1.26 bits per heavy atom. The molecule has 34 heavy (non-hydrogen) atoms. The topological polar surface area (TPSA) is 86.3 Å². The third kappa shape index (κ3) is 4.18. The van der Waals surface area contributed by atoms with E-state index < -0.39 is 6.04 Å². The first kappa shape index (κ1) is 22.9. The van der Waals surface area contributed by atoms with E-state index in [0.29, 0.717) is 21.1 Å². The number of pyridine rings is 1. The zero-order valence-electron chi connectivity index (χ0n) is 19.0. The lowest BCUT2D eigenvalue weighted by molar-refractivity contribution is 0.0511. The minimum absolute atomic E-state index is 0.235. The van der Waals surface area contributed by atoms with Gasteiger partial charge in [-0.1, -0.05) is 23.7 Å². The summed E-state index contributed by atoms with van der Waals surface area (Å²) in [6.07, 6.45) is 3.96. The summed E-state index contributed by atoms with van der Waals surface area (Å²) in [7, 11) is 0. The van der Waals surface area contributed by atoms with Crippen molar-refractivity contribution in [1.29, 1.82) is 0 Å². The molecule has 0 bridgehead atoms. The average molecular weight is 544 g/mol. The average Bonchev–Trinajstić information content (AvgIpc) is 3.49. The molecular formula is C24H24BrClN6O2. The number of carbonyl (C=O) groups is 1. The normalized spacial score (nSPS) is 14.4. The molecule has 1 aromatic carbocycles. The Kier molecular flexibility index (Phi) is 6.07. The van der Waals surface area contributed by atoms with Crippen LogP contribution in [0.5, 0.6) is 0 Å². The van der Waals surface area contributed by atoms with E-state index in [9.17, 15) is 4.79 Å². The summed E-state index contributed by atoms with van der Waals surface area (Å²) in [5.74, 6) is 0.405. The Morgan fingerprint density at radius 2 is 2.00 bits per heavy atom. The number of esters is 1. The zero-order chi connectivity index (χ0) is 24.0. The molecule has 1 atom stereocenters. The van der Waals surface area contributed by atoms with Gasteiger partial charge in [0.05, 0.1) is 18.3 Å². The summed E-state index contributed by atoms with van der Waals surface area (Å²) in [4.78, 5) is 18.0. The summed E-state index contributed by atoms with van der Waals surface area (Å²) < 4.78 is 9.97. The Bertz CT molecular complexity index is 1380. The molecule has 1 unspecified atom stereocenters. The van der Waals surface area contributed by atoms with E-state index >= 15 is 0 Å². The van der Waals surface area contributed by atoms with Crippen molar-refractivity contribution >= 4 is 44.8 Å². The lowest BCUT2D eigenvalue weighted by atomic mass is 10.0. The van der Waals surface area contributed by atoms with Crippen LogP contribution in [0.1, 0.15) is 65.0 Å². The number of benzene rings is 1. The van der Waals surface area contributed by atoms with Crippen LogP contribution in [-0.2, 0) is 4.74 Å². The molecule has 0 radical (unpaired) electrons. The van der Waals surface area contributed by atoms with E-state index in [0.717, 1.165) is 41.1 Å². The number of nitrogens with one attached hydrogen (secondary N) is 1. The van der Waals surface area contributed by atoms with E-state index in [1.807, 2.05) is 59.3 Å². The molecule has 176 valence electrons. The lowest BCUT2D eigenvalue weighted by Crippen LogP contribution is -2.20. The van der Waals surface area contributed by atoms with Crippen LogP contribution in [0.2, 0.25) is 5.02 Å². The van der Waals surface area contributed by atoms with Crippen LogP contribution >= 0.6 is 27.5 Å². The Labute approximate surface area is 210 Å². The summed E-state index contributed by atoms with van der Waals surface area (Å²) in [6, 6.07) is 9.37. The predicted molar refractivity (Wildman–Crippen MR) is 134 cm³/mol. The minimum Gasteiger partial charge on any atom is -0.461 e. The molecule has 4 aromatic rings. The van der Waals surface area contributed by atoms with Gasteiger partial charge in [-0.3, -0.25) is 4.40 Å². The highest BCUT2D eigenvalue weighted by molar-refractivity contribution is 9.10. The monoisotopic (exact) mass is 542 g/mol. The first-order valence-electron chi connectivity index (χ1n) is 11.2. The number of carbonyl (C=O) groups excluding carboxylic acids is 1. The Hall–Kier alpha value is -2.91. The van der Waals surface area contributed by atoms with Crippen LogP contribution in [-0.4, -0.2) is 36.7 Å². The molecule has 10 heteroatoms. The van der Waals surface area contributed by atoms with Gasteiger partial charge in [-0.2, -0.15) is 0 Å². The quantitative estimate of drug-likeness (QED) is 0.302. The van der Waals surface area contributed by atoms with Crippen molar-refractivity contribution in [3.8, 4) is 0 Å². The van der Waals surface area contributed by atoms with Gasteiger partial charge in [0.1, 0.15) is 11.5 Å². The maximum atomic E-state index is 13.1. The molecule has 0 aliphatic heterocycles. The number of aryl methyl sites for hydroxylation is 2. The molecule has 0 amide bonds. The lowest BCUT2D eigenvalue weighted by Gasteiger charge is -2.21. The van der Waals surface area contributed by atoms with E-state index in [1.54, 1.807) is 6.92 Å². The molecule has 3 aromatic heterocycles. The standard InChI is InChI=1S/C24H24BrClN6O2/c1-4-34-23(33)21-20(28-24(25)32(21)18-9-10-18)19(15-5-7-16(26)8-6-15)27-17-11-13(2)22-30-29-14(3)31(22)12-17/h5-8,11-12,18-19,27H,4,9-10H2,1-3H3. The van der Waals surface area contributed by atoms with Gasteiger partial charge in [0.15, 0.2) is 16.1 Å². The van der Waals surface area contributed by atoms with Crippen LogP contribution in [0.15, 0.2) is 41.3 Å². The minimum atomic E-state index is -0.429. The van der Waals surface area contributed by atoms with Gasteiger partial charge in [-0.15, -0.1) is 10.2 Å². The van der Waals surface area contributed by atoms with Crippen molar-refractivity contribution < 1.29 is 9.53 Å². The zero-order valence-corrected chi connectivity index (χ0v) is 21.4. The van der Waals surface area contributed by atoms with Gasteiger partial charge < -0.3 is 14.6 Å². The van der Waals surface area contributed by atoms with Crippen molar-refractivity contribution in [2.75, 3.05) is 11.9 Å². The number of fused-ring (bicyclic) bond motifs is 1. The fourth-order valence-corrected chi connectivity index (χ4v) is 4.95. The second-order valence-corrected chi connectivity index (χ2v) is 9.56. The first-order chi connectivity index (χ1) is 16.4. The van der Waals surface area contributed by atoms with Crippen molar-refractivity contribution in [3.05, 3.63) is 74.6 Å². The van der Waals surface area contributed by atoms with Crippen LogP contribution < -0.4 is 5.32 Å². The van der Waals surface area contributed by atoms with Gasteiger partial charge >= 0.3 is 5.97 Å². The smallest absolute Gasteiger partial charge is 0.357 e. The fraction of sp³-hybridized carbons (Fsp3) is 0.333. The van der Waals surface area contributed by atoms with Gasteiger partial charge in [0.2, 0.25) is 0 Å². The highest BCUT2D eigenvalue weighted by atomic mass is 79.9. The molecule has 0 saturated heterocycles. The molecular weight excluding hydrogens is 520 g/mol. The first-order valence-corrected chi connectivity index (χ1v) is 12.3. The predicted octanol–water partition coefficient (Wildman–Crippen LogP) is 5.67. The van der Waals surface area contributed by atoms with Gasteiger partial charge in [0, 0.05) is 17.3 Å². The van der Waals surface area contributed by atoms with E-state index in [1.165, 1.54) is 0 Å². The highest BCUT2D eigenvalue weighted by Gasteiger charge is 2.36. The van der Waals surface area contributed by atoms with Crippen molar-refractivity contribution in [2.45, 2.75) is 45.7 Å². The third-order valence-electron chi connectivity index (χ3n) is 5.92. The molecule has 1 N–H and O–H groups in total. The molecule has 3 heterocycles. The third-order valence-corrected chi connectivity index (χ3v) is 6.73. The number of anilines is 1. The van der Waals surface area contributed by atoms with E-state index in [2.05, 4.69) is 31.4 Å². The summed E-state index contributed by atoms with van der Waals surface area (Å²) in [5.41, 5.74) is 4.61. The van der Waals surface area contributed by atoms with Crippen LogP contribution in [0.3, 0.4) is 0 Å². The molecule has 1 aliphatic rings. The van der Waals surface area contributed by atoms with Crippen LogP contribution in [0.4, 0.5) is 5.69 Å². The molecule has 1 saturated carbocycles. The van der Waals surface area contributed by atoms with Gasteiger partial charge in [-0.05, 0) is 78.9 Å². The largest absolute Gasteiger partial charge is 0.461 e.